The van der Waals surface area contributed by atoms with Crippen LogP contribution in [0, 0.1) is 0 Å². The third-order valence-electron chi connectivity index (χ3n) is 3.17. The van der Waals surface area contributed by atoms with Crippen LogP contribution in [0.3, 0.4) is 0 Å². The number of thioether (sulfide) groups is 1. The maximum atomic E-state index is 12.2. The van der Waals surface area contributed by atoms with Gasteiger partial charge in [-0.1, -0.05) is 13.8 Å². The Balaban J connectivity index is 2.79. The lowest BCUT2D eigenvalue weighted by atomic mass is 9.95. The van der Waals surface area contributed by atoms with Gasteiger partial charge in [0.05, 0.1) is 0 Å². The smallest absolute Gasteiger partial charge is 0.246 e. The van der Waals surface area contributed by atoms with Crippen molar-refractivity contribution in [2.75, 3.05) is 18.1 Å². The molecule has 4 nitrogen and oxygen atoms in total. The van der Waals surface area contributed by atoms with Gasteiger partial charge in [-0.05, 0) is 26.0 Å². The number of piperazine rings is 1. The third-order valence-corrected chi connectivity index (χ3v) is 4.05. The summed E-state index contributed by atoms with van der Waals surface area (Å²) in [5.41, 5.74) is -0.725. The molecule has 1 aliphatic heterocycles. The van der Waals surface area contributed by atoms with E-state index in [1.54, 1.807) is 16.7 Å². The summed E-state index contributed by atoms with van der Waals surface area (Å²) >= 11 is 1.79. The molecule has 1 aliphatic rings. The van der Waals surface area contributed by atoms with E-state index < -0.39 is 5.54 Å². The summed E-state index contributed by atoms with van der Waals surface area (Å²) in [7, 11) is 0. The zero-order chi connectivity index (χ0) is 13.1. The van der Waals surface area contributed by atoms with Crippen LogP contribution < -0.4 is 5.32 Å². The SMILES string of the molecule is CCSCCN1C(=O)C(CC)NC(=O)C1(C)C. The van der Waals surface area contributed by atoms with E-state index in [0.717, 1.165) is 11.5 Å². The molecule has 1 saturated heterocycles. The summed E-state index contributed by atoms with van der Waals surface area (Å²) in [6, 6.07) is -0.345. The van der Waals surface area contributed by atoms with Crippen molar-refractivity contribution in [3.8, 4) is 0 Å². The minimum atomic E-state index is -0.725. The summed E-state index contributed by atoms with van der Waals surface area (Å²) < 4.78 is 0. The van der Waals surface area contributed by atoms with Gasteiger partial charge in [0.1, 0.15) is 11.6 Å². The lowest BCUT2D eigenvalue weighted by Crippen LogP contribution is -2.68. The molecule has 0 radical (unpaired) electrons. The average Bonchev–Trinajstić information content (AvgIpc) is 2.28. The Bertz CT molecular complexity index is 305. The Morgan fingerprint density at radius 2 is 2.00 bits per heavy atom. The van der Waals surface area contributed by atoms with Gasteiger partial charge in [-0.15, -0.1) is 0 Å². The molecule has 0 aromatic rings. The second-order valence-corrected chi connectivity index (χ2v) is 6.07. The molecule has 1 heterocycles. The number of nitrogens with one attached hydrogen (secondary N) is 1. The molecule has 0 aliphatic carbocycles. The predicted octanol–water partition coefficient (Wildman–Crippen LogP) is 1.26. The predicted molar refractivity (Wildman–Crippen MR) is 71.0 cm³/mol. The van der Waals surface area contributed by atoms with Gasteiger partial charge in [-0.3, -0.25) is 9.59 Å². The van der Waals surface area contributed by atoms with Crippen molar-refractivity contribution in [1.82, 2.24) is 10.2 Å². The van der Waals surface area contributed by atoms with E-state index in [0.29, 0.717) is 13.0 Å². The molecule has 0 aromatic heterocycles. The Hall–Kier alpha value is -0.710. The molecule has 1 atom stereocenters. The fourth-order valence-electron chi connectivity index (χ4n) is 1.95. The molecule has 1 N–H and O–H groups in total. The normalized spacial score (nSPS) is 23.8. The zero-order valence-electron chi connectivity index (χ0n) is 11.1. The first kappa shape index (κ1) is 14.4. The Morgan fingerprint density at radius 3 is 2.53 bits per heavy atom. The van der Waals surface area contributed by atoms with Crippen LogP contribution in [0.1, 0.15) is 34.1 Å². The van der Waals surface area contributed by atoms with Gasteiger partial charge in [-0.25, -0.2) is 0 Å². The van der Waals surface area contributed by atoms with E-state index in [1.807, 2.05) is 20.8 Å². The second kappa shape index (κ2) is 5.76. The second-order valence-electron chi connectivity index (χ2n) is 4.68. The molecule has 0 bridgehead atoms. The van der Waals surface area contributed by atoms with Crippen LogP contribution in [0.5, 0.6) is 0 Å². The van der Waals surface area contributed by atoms with E-state index >= 15 is 0 Å². The maximum absolute atomic E-state index is 12.2. The molecule has 0 spiro atoms. The lowest BCUT2D eigenvalue weighted by molar-refractivity contribution is -0.154. The van der Waals surface area contributed by atoms with Gasteiger partial charge in [0, 0.05) is 12.3 Å². The number of hydrogen-bond acceptors (Lipinski definition) is 3. The van der Waals surface area contributed by atoms with Crippen molar-refractivity contribution in [1.29, 1.82) is 0 Å². The highest BCUT2D eigenvalue weighted by molar-refractivity contribution is 7.99. The zero-order valence-corrected chi connectivity index (χ0v) is 11.9. The highest BCUT2D eigenvalue weighted by atomic mass is 32.2. The first-order valence-electron chi connectivity index (χ1n) is 6.15. The number of carbonyl (C=O) groups excluding carboxylic acids is 2. The van der Waals surface area contributed by atoms with E-state index in [1.165, 1.54) is 0 Å². The van der Waals surface area contributed by atoms with Crippen molar-refractivity contribution in [2.24, 2.45) is 0 Å². The molecule has 5 heteroatoms. The van der Waals surface area contributed by atoms with Gasteiger partial charge in [0.15, 0.2) is 0 Å². The highest BCUT2D eigenvalue weighted by Crippen LogP contribution is 2.22. The van der Waals surface area contributed by atoms with Gasteiger partial charge >= 0.3 is 0 Å². The summed E-state index contributed by atoms with van der Waals surface area (Å²) in [6.07, 6.45) is 0.651. The van der Waals surface area contributed by atoms with Crippen LogP contribution in [0.25, 0.3) is 0 Å². The number of amides is 2. The molecular weight excluding hydrogens is 236 g/mol. The quantitative estimate of drug-likeness (QED) is 0.755. The minimum absolute atomic E-state index is 0.0498. The van der Waals surface area contributed by atoms with Gasteiger partial charge < -0.3 is 10.2 Å². The Morgan fingerprint density at radius 1 is 1.35 bits per heavy atom. The van der Waals surface area contributed by atoms with E-state index in [-0.39, 0.29) is 17.9 Å². The third kappa shape index (κ3) is 2.94. The highest BCUT2D eigenvalue weighted by Gasteiger charge is 2.45. The summed E-state index contributed by atoms with van der Waals surface area (Å²) in [5.74, 6) is 1.92. The number of hydrogen-bond donors (Lipinski definition) is 1. The molecule has 1 unspecified atom stereocenters. The van der Waals surface area contributed by atoms with E-state index in [2.05, 4.69) is 12.2 Å². The van der Waals surface area contributed by atoms with Gasteiger partial charge in [-0.2, -0.15) is 11.8 Å². The Labute approximate surface area is 108 Å². The van der Waals surface area contributed by atoms with E-state index in [4.69, 9.17) is 0 Å². The molecular formula is C12H22N2O2S. The Kier molecular flexibility index (Phi) is 4.86. The first-order valence-corrected chi connectivity index (χ1v) is 7.30. The molecule has 2 amide bonds. The van der Waals surface area contributed by atoms with Crippen molar-refractivity contribution >= 4 is 23.6 Å². The summed E-state index contributed by atoms with van der Waals surface area (Å²) in [6.45, 7) is 8.27. The first-order chi connectivity index (χ1) is 7.95. The summed E-state index contributed by atoms with van der Waals surface area (Å²) in [5, 5.41) is 2.79. The number of carbonyl (C=O) groups is 2. The monoisotopic (exact) mass is 258 g/mol. The van der Waals surface area contributed by atoms with E-state index in [9.17, 15) is 9.59 Å². The lowest BCUT2D eigenvalue weighted by Gasteiger charge is -2.44. The maximum Gasteiger partial charge on any atom is 0.246 e. The molecule has 0 saturated carbocycles. The van der Waals surface area contributed by atoms with Crippen molar-refractivity contribution < 1.29 is 9.59 Å². The van der Waals surface area contributed by atoms with Crippen molar-refractivity contribution in [3.63, 3.8) is 0 Å². The number of nitrogens with zero attached hydrogens (tertiary/aromatic N) is 1. The molecule has 1 fully saturated rings. The minimum Gasteiger partial charge on any atom is -0.342 e. The van der Waals surface area contributed by atoms with Crippen LogP contribution in [0.15, 0.2) is 0 Å². The van der Waals surface area contributed by atoms with Crippen LogP contribution in [0.2, 0.25) is 0 Å². The largest absolute Gasteiger partial charge is 0.342 e. The molecule has 17 heavy (non-hydrogen) atoms. The van der Waals surface area contributed by atoms with Crippen LogP contribution >= 0.6 is 11.8 Å². The topological polar surface area (TPSA) is 49.4 Å². The molecule has 0 aromatic carbocycles. The van der Waals surface area contributed by atoms with Crippen LogP contribution in [0.4, 0.5) is 0 Å². The van der Waals surface area contributed by atoms with Crippen molar-refractivity contribution in [2.45, 2.75) is 45.7 Å². The van der Waals surface area contributed by atoms with Gasteiger partial charge in [0.25, 0.3) is 0 Å². The van der Waals surface area contributed by atoms with Crippen molar-refractivity contribution in [3.05, 3.63) is 0 Å². The molecule has 98 valence electrons. The fraction of sp³-hybridized carbons (Fsp3) is 0.833. The fourth-order valence-corrected chi connectivity index (χ4v) is 2.55. The van der Waals surface area contributed by atoms with Crippen LogP contribution in [-0.4, -0.2) is 46.3 Å². The summed E-state index contributed by atoms with van der Waals surface area (Å²) in [4.78, 5) is 25.9. The number of rotatable bonds is 5. The molecule has 1 rings (SSSR count). The van der Waals surface area contributed by atoms with Gasteiger partial charge in [0.2, 0.25) is 11.8 Å². The van der Waals surface area contributed by atoms with Crippen LogP contribution in [-0.2, 0) is 9.59 Å². The standard InChI is InChI=1S/C12H22N2O2S/c1-5-9-10(15)14(7-8-17-6-2)12(3,4)11(16)13-9/h9H,5-8H2,1-4H3,(H,13,16). The average molecular weight is 258 g/mol.